The van der Waals surface area contributed by atoms with Crippen LogP contribution in [0.2, 0.25) is 0 Å². The van der Waals surface area contributed by atoms with Crippen LogP contribution < -0.4 is 5.56 Å². The fraction of sp³-hybridized carbons (Fsp3) is 0.421. The monoisotopic (exact) mass is 320 g/mol. The summed E-state index contributed by atoms with van der Waals surface area (Å²) in [6.07, 6.45) is 9.65. The Labute approximate surface area is 139 Å². The van der Waals surface area contributed by atoms with Crippen molar-refractivity contribution < 1.29 is 0 Å². The fourth-order valence-electron chi connectivity index (χ4n) is 4.64. The number of benzene rings is 1. The second kappa shape index (κ2) is 5.30. The van der Waals surface area contributed by atoms with Crippen molar-refractivity contribution in [2.75, 3.05) is 0 Å². The molecule has 2 aliphatic rings. The summed E-state index contributed by atoms with van der Waals surface area (Å²) >= 11 is 0. The van der Waals surface area contributed by atoms with Gasteiger partial charge in [-0.2, -0.15) is 5.10 Å². The summed E-state index contributed by atoms with van der Waals surface area (Å²) in [5.74, 6) is 1.59. The molecule has 0 radical (unpaired) electrons. The van der Waals surface area contributed by atoms with Crippen LogP contribution >= 0.6 is 0 Å². The lowest BCUT2D eigenvalue weighted by molar-refractivity contribution is 0.257. The minimum atomic E-state index is 0.0495. The Balaban J connectivity index is 1.59. The zero-order chi connectivity index (χ0) is 16.1. The van der Waals surface area contributed by atoms with Gasteiger partial charge >= 0.3 is 0 Å². The van der Waals surface area contributed by atoms with E-state index >= 15 is 0 Å². The van der Waals surface area contributed by atoms with Gasteiger partial charge in [-0.25, -0.2) is 9.67 Å². The lowest BCUT2D eigenvalue weighted by Crippen LogP contribution is -2.29. The molecule has 2 unspecified atom stereocenters. The van der Waals surface area contributed by atoms with Gasteiger partial charge in [0.25, 0.3) is 5.56 Å². The third-order valence-corrected chi connectivity index (χ3v) is 5.77. The van der Waals surface area contributed by atoms with Gasteiger partial charge in [-0.3, -0.25) is 9.36 Å². The number of aromatic nitrogens is 4. The maximum atomic E-state index is 13.0. The summed E-state index contributed by atoms with van der Waals surface area (Å²) in [4.78, 5) is 17.6. The Bertz CT molecular complexity index is 931. The smallest absolute Gasteiger partial charge is 0.264 e. The highest BCUT2D eigenvalue weighted by Crippen LogP contribution is 2.46. The van der Waals surface area contributed by atoms with Gasteiger partial charge in [-0.15, -0.1) is 0 Å². The van der Waals surface area contributed by atoms with Crippen LogP contribution in [0.5, 0.6) is 0 Å². The Morgan fingerprint density at radius 2 is 1.75 bits per heavy atom. The van der Waals surface area contributed by atoms with E-state index in [1.54, 1.807) is 17.2 Å². The van der Waals surface area contributed by atoms with Crippen LogP contribution in [0.3, 0.4) is 0 Å². The lowest BCUT2D eigenvalue weighted by atomic mass is 9.85. The van der Waals surface area contributed by atoms with Gasteiger partial charge in [0.05, 0.1) is 11.9 Å². The second-order valence-corrected chi connectivity index (χ2v) is 7.26. The molecule has 2 saturated carbocycles. The van der Waals surface area contributed by atoms with Crippen molar-refractivity contribution in [2.45, 2.75) is 38.1 Å². The molecule has 0 spiro atoms. The first kappa shape index (κ1) is 14.0. The topological polar surface area (TPSA) is 52.7 Å². The molecule has 2 aromatic heterocycles. The Morgan fingerprint density at radius 3 is 2.50 bits per heavy atom. The first-order valence-electron chi connectivity index (χ1n) is 8.80. The van der Waals surface area contributed by atoms with Crippen molar-refractivity contribution in [3.63, 3.8) is 0 Å². The molecule has 5 rings (SSSR count). The van der Waals surface area contributed by atoms with Crippen molar-refractivity contribution >= 4 is 11.0 Å². The number of hydrogen-bond donors (Lipinski definition) is 0. The van der Waals surface area contributed by atoms with Crippen LogP contribution in [-0.4, -0.2) is 19.3 Å². The minimum Gasteiger partial charge on any atom is -0.295 e. The van der Waals surface area contributed by atoms with Gasteiger partial charge in [-0.1, -0.05) is 31.0 Å². The quantitative estimate of drug-likeness (QED) is 0.728. The number of fused-ring (bicyclic) bond motifs is 3. The van der Waals surface area contributed by atoms with Crippen LogP contribution in [0, 0.1) is 11.8 Å². The molecule has 2 bridgehead atoms. The first-order valence-corrected chi connectivity index (χ1v) is 8.80. The third-order valence-electron chi connectivity index (χ3n) is 5.77. The van der Waals surface area contributed by atoms with Gasteiger partial charge in [0.2, 0.25) is 0 Å². The molecule has 2 atom stereocenters. The Morgan fingerprint density at radius 1 is 1.00 bits per heavy atom. The van der Waals surface area contributed by atoms with Gasteiger partial charge in [0.15, 0.2) is 5.65 Å². The molecule has 2 aliphatic carbocycles. The van der Waals surface area contributed by atoms with Crippen LogP contribution in [-0.2, 0) is 0 Å². The zero-order valence-corrected chi connectivity index (χ0v) is 13.5. The predicted molar refractivity (Wildman–Crippen MR) is 92.2 cm³/mol. The molecule has 5 nitrogen and oxygen atoms in total. The molecule has 3 aromatic rings. The molecular formula is C19H20N4O. The Kier molecular flexibility index (Phi) is 3.08. The number of para-hydroxylation sites is 1. The van der Waals surface area contributed by atoms with Crippen molar-refractivity contribution in [3.05, 3.63) is 53.2 Å². The summed E-state index contributed by atoms with van der Waals surface area (Å²) in [6.45, 7) is 0. The summed E-state index contributed by atoms with van der Waals surface area (Å²) in [7, 11) is 0. The van der Waals surface area contributed by atoms with Crippen LogP contribution in [0.15, 0.2) is 47.7 Å². The number of hydrogen-bond acceptors (Lipinski definition) is 3. The third kappa shape index (κ3) is 2.11. The van der Waals surface area contributed by atoms with E-state index in [4.69, 9.17) is 0 Å². The van der Waals surface area contributed by atoms with Gasteiger partial charge < -0.3 is 0 Å². The van der Waals surface area contributed by atoms with Gasteiger partial charge in [0.1, 0.15) is 11.7 Å². The molecule has 0 saturated heterocycles. The molecular weight excluding hydrogens is 300 g/mol. The molecule has 24 heavy (non-hydrogen) atoms. The molecule has 0 N–H and O–H groups in total. The van der Waals surface area contributed by atoms with Crippen LogP contribution in [0.4, 0.5) is 0 Å². The highest BCUT2D eigenvalue weighted by Gasteiger charge is 2.35. The maximum Gasteiger partial charge on any atom is 0.264 e. The van der Waals surface area contributed by atoms with Gasteiger partial charge in [0, 0.05) is 6.04 Å². The minimum absolute atomic E-state index is 0.0495. The largest absolute Gasteiger partial charge is 0.295 e. The second-order valence-electron chi connectivity index (χ2n) is 7.26. The van der Waals surface area contributed by atoms with E-state index in [0.717, 1.165) is 30.4 Å². The summed E-state index contributed by atoms with van der Waals surface area (Å²) in [6, 6.07) is 10.1. The van der Waals surface area contributed by atoms with Crippen molar-refractivity contribution in [1.29, 1.82) is 0 Å². The van der Waals surface area contributed by atoms with E-state index in [1.807, 2.05) is 34.9 Å². The predicted octanol–water partition coefficient (Wildman–Crippen LogP) is 3.33. The SMILES string of the molecule is O=c1c2cnn(-c3ccccc3)c2ncn1C1CC2CCC(C2)C1. The van der Waals surface area contributed by atoms with E-state index in [1.165, 1.54) is 19.3 Å². The van der Waals surface area contributed by atoms with Crippen LogP contribution in [0.25, 0.3) is 16.7 Å². The van der Waals surface area contributed by atoms with E-state index in [-0.39, 0.29) is 5.56 Å². The van der Waals surface area contributed by atoms with Crippen molar-refractivity contribution in [3.8, 4) is 5.69 Å². The maximum absolute atomic E-state index is 13.0. The fourth-order valence-corrected chi connectivity index (χ4v) is 4.64. The molecule has 1 aromatic carbocycles. The van der Waals surface area contributed by atoms with Crippen molar-refractivity contribution in [2.24, 2.45) is 11.8 Å². The molecule has 0 amide bonds. The average Bonchev–Trinajstić information content (AvgIpc) is 3.19. The first-order chi connectivity index (χ1) is 11.8. The average molecular weight is 320 g/mol. The van der Waals surface area contributed by atoms with E-state index < -0.39 is 0 Å². The van der Waals surface area contributed by atoms with Crippen molar-refractivity contribution in [1.82, 2.24) is 19.3 Å². The summed E-state index contributed by atoms with van der Waals surface area (Å²) < 4.78 is 3.61. The van der Waals surface area contributed by atoms with Crippen LogP contribution in [0.1, 0.15) is 38.1 Å². The van der Waals surface area contributed by atoms with E-state index in [0.29, 0.717) is 17.1 Å². The van der Waals surface area contributed by atoms with E-state index in [2.05, 4.69) is 10.1 Å². The summed E-state index contributed by atoms with van der Waals surface area (Å²) in [5.41, 5.74) is 1.61. The molecule has 2 fully saturated rings. The van der Waals surface area contributed by atoms with Gasteiger partial charge in [-0.05, 0) is 43.2 Å². The summed E-state index contributed by atoms with van der Waals surface area (Å²) in [5, 5.41) is 5.01. The molecule has 2 heterocycles. The standard InChI is InChI=1S/C19H20N4O/c24-19-17-11-21-23(15-4-2-1-3-5-15)18(17)20-12-22(19)16-9-13-6-7-14(8-13)10-16/h1-5,11-14,16H,6-10H2. The molecule has 5 heteroatoms. The highest BCUT2D eigenvalue weighted by atomic mass is 16.1. The normalized spacial score (nSPS) is 26.1. The van der Waals surface area contributed by atoms with E-state index in [9.17, 15) is 4.79 Å². The molecule has 122 valence electrons. The zero-order valence-electron chi connectivity index (χ0n) is 13.5. The number of rotatable bonds is 2. The lowest BCUT2D eigenvalue weighted by Gasteiger charge is -2.28. The highest BCUT2D eigenvalue weighted by molar-refractivity contribution is 5.74. The Hall–Kier alpha value is -2.43. The molecule has 0 aliphatic heterocycles. The number of nitrogens with zero attached hydrogens (tertiary/aromatic N) is 4.